The van der Waals surface area contributed by atoms with Gasteiger partial charge in [0.25, 0.3) is 0 Å². The zero-order valence-corrected chi connectivity index (χ0v) is 12.0. The number of hydrogen-bond donors (Lipinski definition) is 0. The van der Waals surface area contributed by atoms with Gasteiger partial charge in [0.2, 0.25) is 0 Å². The largest absolute Gasteiger partial charge is 0.304 e. The van der Waals surface area contributed by atoms with Crippen LogP contribution < -0.4 is 0 Å². The lowest BCUT2D eigenvalue weighted by Crippen LogP contribution is -2.46. The third-order valence-corrected chi connectivity index (χ3v) is 4.52. The minimum Gasteiger partial charge on any atom is -0.304 e. The van der Waals surface area contributed by atoms with Crippen LogP contribution in [0.3, 0.4) is 0 Å². The summed E-state index contributed by atoms with van der Waals surface area (Å²) in [6.45, 7) is 9.50. The summed E-state index contributed by atoms with van der Waals surface area (Å²) in [5.74, 6) is 0.766. The zero-order valence-electron chi connectivity index (χ0n) is 11.2. The molecule has 0 amide bonds. The Morgan fingerprint density at radius 1 is 1.24 bits per heavy atom. The van der Waals surface area contributed by atoms with Crippen LogP contribution in [0.15, 0.2) is 17.5 Å². The second-order valence-corrected chi connectivity index (χ2v) is 6.48. The third-order valence-electron chi connectivity index (χ3n) is 3.54. The van der Waals surface area contributed by atoms with Gasteiger partial charge in [-0.1, -0.05) is 19.9 Å². The molecule has 0 radical (unpaired) electrons. The molecule has 2 nitrogen and oxygen atoms in total. The molecule has 1 aliphatic rings. The first kappa shape index (κ1) is 13.1. The highest BCUT2D eigenvalue weighted by Gasteiger charge is 2.24. The molecule has 1 aromatic rings. The van der Waals surface area contributed by atoms with Crippen molar-refractivity contribution >= 4 is 11.3 Å². The second kappa shape index (κ2) is 5.98. The Morgan fingerprint density at radius 3 is 2.47 bits per heavy atom. The van der Waals surface area contributed by atoms with Crippen LogP contribution in [0.25, 0.3) is 0 Å². The maximum atomic E-state index is 2.67. The van der Waals surface area contributed by atoms with Gasteiger partial charge in [-0.2, -0.15) is 0 Å². The third kappa shape index (κ3) is 3.54. The molecule has 1 atom stereocenters. The fourth-order valence-electron chi connectivity index (χ4n) is 2.51. The standard InChI is InChI=1S/C14H24N2S/c1-12(2)11-13(14-5-4-10-17-14)16-8-6-15(3)7-9-16/h4-5,10,12-13H,6-9,11H2,1-3H3. The summed E-state index contributed by atoms with van der Waals surface area (Å²) in [5, 5.41) is 2.21. The van der Waals surface area contributed by atoms with E-state index in [1.165, 1.54) is 32.6 Å². The predicted octanol–water partition coefficient (Wildman–Crippen LogP) is 3.08. The quantitative estimate of drug-likeness (QED) is 0.812. The summed E-state index contributed by atoms with van der Waals surface area (Å²) in [4.78, 5) is 6.65. The minimum atomic E-state index is 0.642. The van der Waals surface area contributed by atoms with Crippen molar-refractivity contribution in [2.24, 2.45) is 5.92 Å². The van der Waals surface area contributed by atoms with Crippen LogP contribution in [0, 0.1) is 5.92 Å². The van der Waals surface area contributed by atoms with Crippen molar-refractivity contribution < 1.29 is 0 Å². The highest BCUT2D eigenvalue weighted by molar-refractivity contribution is 7.10. The van der Waals surface area contributed by atoms with Crippen molar-refractivity contribution in [1.29, 1.82) is 0 Å². The van der Waals surface area contributed by atoms with Crippen LogP contribution >= 0.6 is 11.3 Å². The van der Waals surface area contributed by atoms with Crippen LogP contribution in [0.1, 0.15) is 31.2 Å². The maximum absolute atomic E-state index is 2.67. The molecular formula is C14H24N2S. The van der Waals surface area contributed by atoms with E-state index < -0.39 is 0 Å². The molecular weight excluding hydrogens is 228 g/mol. The second-order valence-electron chi connectivity index (χ2n) is 5.50. The Balaban J connectivity index is 2.05. The van der Waals surface area contributed by atoms with Gasteiger partial charge in [0, 0.05) is 37.1 Å². The zero-order chi connectivity index (χ0) is 12.3. The van der Waals surface area contributed by atoms with Crippen molar-refractivity contribution in [3.05, 3.63) is 22.4 Å². The van der Waals surface area contributed by atoms with E-state index in [1.54, 1.807) is 4.88 Å². The molecule has 3 heteroatoms. The highest BCUT2D eigenvalue weighted by atomic mass is 32.1. The highest BCUT2D eigenvalue weighted by Crippen LogP contribution is 2.31. The fourth-order valence-corrected chi connectivity index (χ4v) is 3.38. The van der Waals surface area contributed by atoms with Gasteiger partial charge in [0.1, 0.15) is 0 Å². The molecule has 1 unspecified atom stereocenters. The van der Waals surface area contributed by atoms with Crippen molar-refractivity contribution in [1.82, 2.24) is 9.80 Å². The summed E-state index contributed by atoms with van der Waals surface area (Å²) < 4.78 is 0. The number of rotatable bonds is 4. The van der Waals surface area contributed by atoms with E-state index >= 15 is 0 Å². The van der Waals surface area contributed by atoms with E-state index in [2.05, 4.69) is 48.2 Å². The number of thiophene rings is 1. The smallest absolute Gasteiger partial charge is 0.0445 e. The van der Waals surface area contributed by atoms with Crippen LogP contribution in [-0.4, -0.2) is 43.0 Å². The van der Waals surface area contributed by atoms with Gasteiger partial charge in [0.05, 0.1) is 0 Å². The lowest BCUT2D eigenvalue weighted by atomic mass is 10.0. The molecule has 0 saturated carbocycles. The first-order valence-electron chi connectivity index (χ1n) is 6.63. The Labute approximate surface area is 109 Å². The molecule has 0 spiro atoms. The van der Waals surface area contributed by atoms with Crippen molar-refractivity contribution in [3.63, 3.8) is 0 Å². The van der Waals surface area contributed by atoms with Crippen molar-refractivity contribution in [2.75, 3.05) is 33.2 Å². The maximum Gasteiger partial charge on any atom is 0.0445 e. The lowest BCUT2D eigenvalue weighted by Gasteiger charge is -2.38. The Morgan fingerprint density at radius 2 is 1.94 bits per heavy atom. The Kier molecular flexibility index (Phi) is 4.60. The van der Waals surface area contributed by atoms with Gasteiger partial charge < -0.3 is 4.90 Å². The molecule has 1 aliphatic heterocycles. The van der Waals surface area contributed by atoms with E-state index in [9.17, 15) is 0 Å². The van der Waals surface area contributed by atoms with Crippen molar-refractivity contribution in [3.8, 4) is 0 Å². The van der Waals surface area contributed by atoms with E-state index in [-0.39, 0.29) is 0 Å². The number of nitrogens with zero attached hydrogens (tertiary/aromatic N) is 2. The van der Waals surface area contributed by atoms with Gasteiger partial charge in [0.15, 0.2) is 0 Å². The molecule has 1 saturated heterocycles. The molecule has 96 valence electrons. The summed E-state index contributed by atoms with van der Waals surface area (Å²) in [5.41, 5.74) is 0. The number of piperazine rings is 1. The SMILES string of the molecule is CC(C)CC(c1cccs1)N1CCN(C)CC1. The van der Waals surface area contributed by atoms with Crippen molar-refractivity contribution in [2.45, 2.75) is 26.3 Å². The van der Waals surface area contributed by atoms with E-state index in [0.717, 1.165) is 5.92 Å². The van der Waals surface area contributed by atoms with Crippen LogP contribution in [0.4, 0.5) is 0 Å². The molecule has 17 heavy (non-hydrogen) atoms. The first-order valence-corrected chi connectivity index (χ1v) is 7.51. The molecule has 1 fully saturated rings. The van der Waals surface area contributed by atoms with E-state index in [1.807, 2.05) is 11.3 Å². The normalized spacial score (nSPS) is 20.9. The lowest BCUT2D eigenvalue weighted by molar-refractivity contribution is 0.102. The first-order chi connectivity index (χ1) is 8.16. The molecule has 0 N–H and O–H groups in total. The van der Waals surface area contributed by atoms with Crippen LogP contribution in [0.5, 0.6) is 0 Å². The molecule has 1 aromatic heterocycles. The topological polar surface area (TPSA) is 6.48 Å². The summed E-state index contributed by atoms with van der Waals surface area (Å²) >= 11 is 1.91. The van der Waals surface area contributed by atoms with Gasteiger partial charge in [-0.05, 0) is 30.8 Å². The Hall–Kier alpha value is -0.380. The average molecular weight is 252 g/mol. The predicted molar refractivity (Wildman–Crippen MR) is 75.6 cm³/mol. The number of hydrogen-bond acceptors (Lipinski definition) is 3. The molecule has 0 bridgehead atoms. The average Bonchev–Trinajstić information content (AvgIpc) is 2.80. The monoisotopic (exact) mass is 252 g/mol. The Bertz CT molecular complexity index is 313. The molecule has 2 heterocycles. The van der Waals surface area contributed by atoms with Crippen LogP contribution in [-0.2, 0) is 0 Å². The fraction of sp³-hybridized carbons (Fsp3) is 0.714. The minimum absolute atomic E-state index is 0.642. The summed E-state index contributed by atoms with van der Waals surface area (Å²) in [6.07, 6.45) is 1.28. The van der Waals surface area contributed by atoms with Gasteiger partial charge in [-0.25, -0.2) is 0 Å². The molecule has 0 aromatic carbocycles. The van der Waals surface area contributed by atoms with Gasteiger partial charge in [-0.3, -0.25) is 4.90 Å². The summed E-state index contributed by atoms with van der Waals surface area (Å²) in [7, 11) is 2.22. The molecule has 2 rings (SSSR count). The number of likely N-dealkylation sites (N-methyl/N-ethyl adjacent to an activating group) is 1. The van der Waals surface area contributed by atoms with E-state index in [4.69, 9.17) is 0 Å². The van der Waals surface area contributed by atoms with Gasteiger partial charge >= 0.3 is 0 Å². The van der Waals surface area contributed by atoms with E-state index in [0.29, 0.717) is 6.04 Å². The molecule has 0 aliphatic carbocycles. The summed E-state index contributed by atoms with van der Waals surface area (Å²) in [6, 6.07) is 5.13. The van der Waals surface area contributed by atoms with Gasteiger partial charge in [-0.15, -0.1) is 11.3 Å². The van der Waals surface area contributed by atoms with Crippen LogP contribution in [0.2, 0.25) is 0 Å².